The largest absolute Gasteiger partial charge is 0.300 e. The highest BCUT2D eigenvalue weighted by molar-refractivity contribution is 4.82. The first-order valence-corrected chi connectivity index (χ1v) is 7.97. The first kappa shape index (κ1) is 16.0. The van der Waals surface area contributed by atoms with E-state index in [9.17, 15) is 0 Å². The van der Waals surface area contributed by atoms with Crippen LogP contribution in [0.1, 0.15) is 80.1 Å². The summed E-state index contributed by atoms with van der Waals surface area (Å²) in [6.45, 7) is 16.9. The van der Waals surface area contributed by atoms with Crippen LogP contribution in [0.2, 0.25) is 0 Å². The summed E-state index contributed by atoms with van der Waals surface area (Å²) in [7, 11) is 0. The fraction of sp³-hybridized carbons (Fsp3) is 1.00. The third-order valence-electron chi connectivity index (χ3n) is 4.63. The molecule has 0 aromatic rings. The molecular weight excluding hydrogens is 218 g/mol. The van der Waals surface area contributed by atoms with Crippen molar-refractivity contribution in [1.82, 2.24) is 4.90 Å². The third kappa shape index (κ3) is 5.73. The number of rotatable bonds is 5. The van der Waals surface area contributed by atoms with Gasteiger partial charge in [-0.15, -0.1) is 0 Å². The monoisotopic (exact) mass is 253 g/mol. The molecule has 0 aromatic heterocycles. The zero-order valence-corrected chi connectivity index (χ0v) is 13.7. The molecule has 1 heteroatoms. The Bertz CT molecular complexity index is 236. The molecule has 0 aromatic carbocycles. The molecule has 1 saturated heterocycles. The van der Waals surface area contributed by atoms with Gasteiger partial charge in [-0.25, -0.2) is 0 Å². The van der Waals surface area contributed by atoms with Gasteiger partial charge in [0, 0.05) is 6.04 Å². The molecule has 18 heavy (non-hydrogen) atoms. The topological polar surface area (TPSA) is 3.24 Å². The number of piperidine rings is 1. The van der Waals surface area contributed by atoms with Crippen molar-refractivity contribution in [2.75, 3.05) is 13.1 Å². The van der Waals surface area contributed by atoms with Crippen LogP contribution in [0, 0.1) is 10.8 Å². The molecule has 0 spiro atoms. The molecule has 0 N–H and O–H groups in total. The van der Waals surface area contributed by atoms with Gasteiger partial charge in [0.15, 0.2) is 0 Å². The average molecular weight is 253 g/mol. The van der Waals surface area contributed by atoms with Gasteiger partial charge in [0.05, 0.1) is 0 Å². The highest BCUT2D eigenvalue weighted by Gasteiger charge is 2.27. The fourth-order valence-corrected chi connectivity index (χ4v) is 2.92. The molecule has 1 unspecified atom stereocenters. The van der Waals surface area contributed by atoms with Gasteiger partial charge < -0.3 is 4.90 Å². The van der Waals surface area contributed by atoms with Crippen LogP contribution in [-0.4, -0.2) is 24.0 Å². The highest BCUT2D eigenvalue weighted by atomic mass is 15.2. The van der Waals surface area contributed by atoms with Crippen LogP contribution in [0.3, 0.4) is 0 Å². The summed E-state index contributed by atoms with van der Waals surface area (Å²) in [4.78, 5) is 2.78. The van der Waals surface area contributed by atoms with E-state index in [1.807, 2.05) is 0 Å². The molecule has 0 saturated carbocycles. The van der Waals surface area contributed by atoms with Gasteiger partial charge in [-0.2, -0.15) is 0 Å². The van der Waals surface area contributed by atoms with Crippen molar-refractivity contribution in [3.8, 4) is 0 Å². The van der Waals surface area contributed by atoms with Crippen LogP contribution in [0.5, 0.6) is 0 Å². The Kier molecular flexibility index (Phi) is 5.70. The minimum atomic E-state index is 0.473. The Balaban J connectivity index is 2.49. The van der Waals surface area contributed by atoms with Gasteiger partial charge in [-0.05, 0) is 49.6 Å². The molecular formula is C17H35N. The maximum absolute atomic E-state index is 2.78. The van der Waals surface area contributed by atoms with Gasteiger partial charge in [0.1, 0.15) is 0 Å². The average Bonchev–Trinajstić information content (AvgIpc) is 2.26. The van der Waals surface area contributed by atoms with Crippen LogP contribution in [0.4, 0.5) is 0 Å². The smallest absolute Gasteiger partial charge is 0.0100 e. The minimum absolute atomic E-state index is 0.473. The summed E-state index contributed by atoms with van der Waals surface area (Å²) in [5.74, 6) is 0. The number of hydrogen-bond donors (Lipinski definition) is 0. The normalized spacial score (nSPS) is 23.3. The molecule has 1 fully saturated rings. The van der Waals surface area contributed by atoms with Crippen LogP contribution < -0.4 is 0 Å². The van der Waals surface area contributed by atoms with E-state index in [4.69, 9.17) is 0 Å². The molecule has 0 bridgehead atoms. The minimum Gasteiger partial charge on any atom is -0.300 e. The van der Waals surface area contributed by atoms with E-state index in [0.717, 1.165) is 6.04 Å². The van der Waals surface area contributed by atoms with E-state index in [-0.39, 0.29) is 0 Å². The molecule has 1 heterocycles. The predicted molar refractivity (Wildman–Crippen MR) is 82.0 cm³/mol. The molecule has 1 rings (SSSR count). The molecule has 108 valence electrons. The summed E-state index contributed by atoms with van der Waals surface area (Å²) in [5, 5.41) is 0. The van der Waals surface area contributed by atoms with E-state index in [1.165, 1.54) is 51.6 Å². The summed E-state index contributed by atoms with van der Waals surface area (Å²) in [6, 6.07) is 0.839. The number of nitrogens with zero attached hydrogens (tertiary/aromatic N) is 1. The van der Waals surface area contributed by atoms with Gasteiger partial charge >= 0.3 is 0 Å². The lowest BCUT2D eigenvalue weighted by atomic mass is 9.82. The molecule has 1 aliphatic rings. The molecule has 0 amide bonds. The Morgan fingerprint density at radius 3 is 2.28 bits per heavy atom. The van der Waals surface area contributed by atoms with E-state index in [2.05, 4.69) is 46.4 Å². The van der Waals surface area contributed by atoms with E-state index >= 15 is 0 Å². The third-order valence-corrected chi connectivity index (χ3v) is 4.63. The lowest BCUT2D eigenvalue weighted by Gasteiger charge is -2.40. The Morgan fingerprint density at radius 1 is 1.06 bits per heavy atom. The SMILES string of the molecule is CCC(C)(C)CCN1CCCCC1CC(C)(C)C. The second kappa shape index (κ2) is 6.41. The van der Waals surface area contributed by atoms with E-state index in [0.29, 0.717) is 10.8 Å². The van der Waals surface area contributed by atoms with Crippen LogP contribution >= 0.6 is 0 Å². The Morgan fingerprint density at radius 2 is 1.72 bits per heavy atom. The van der Waals surface area contributed by atoms with Crippen molar-refractivity contribution < 1.29 is 0 Å². The van der Waals surface area contributed by atoms with Crippen molar-refractivity contribution in [3.05, 3.63) is 0 Å². The molecule has 1 aliphatic heterocycles. The van der Waals surface area contributed by atoms with Gasteiger partial charge in [-0.1, -0.05) is 54.4 Å². The van der Waals surface area contributed by atoms with E-state index in [1.54, 1.807) is 0 Å². The first-order chi connectivity index (χ1) is 8.23. The molecule has 1 atom stereocenters. The maximum atomic E-state index is 2.78. The predicted octanol–water partition coefficient (Wildman–Crippen LogP) is 5.10. The maximum Gasteiger partial charge on any atom is 0.0100 e. The van der Waals surface area contributed by atoms with Gasteiger partial charge in [-0.3, -0.25) is 0 Å². The molecule has 1 nitrogen and oxygen atoms in total. The van der Waals surface area contributed by atoms with Crippen LogP contribution in [-0.2, 0) is 0 Å². The summed E-state index contributed by atoms with van der Waals surface area (Å²) >= 11 is 0. The summed E-state index contributed by atoms with van der Waals surface area (Å²) in [6.07, 6.45) is 8.28. The summed E-state index contributed by atoms with van der Waals surface area (Å²) in [5.41, 5.74) is 0.990. The van der Waals surface area contributed by atoms with Crippen LogP contribution in [0.15, 0.2) is 0 Å². The van der Waals surface area contributed by atoms with Gasteiger partial charge in [0.25, 0.3) is 0 Å². The zero-order valence-electron chi connectivity index (χ0n) is 13.7. The Hall–Kier alpha value is -0.0400. The number of hydrogen-bond acceptors (Lipinski definition) is 1. The Labute approximate surface area is 115 Å². The second-order valence-corrected chi connectivity index (χ2v) is 8.22. The lowest BCUT2D eigenvalue weighted by molar-refractivity contribution is 0.0943. The van der Waals surface area contributed by atoms with Crippen molar-refractivity contribution >= 4 is 0 Å². The zero-order chi connectivity index (χ0) is 13.8. The number of likely N-dealkylation sites (tertiary alicyclic amines) is 1. The quantitative estimate of drug-likeness (QED) is 0.658. The molecule has 0 radical (unpaired) electrons. The first-order valence-electron chi connectivity index (χ1n) is 7.97. The van der Waals surface area contributed by atoms with Crippen molar-refractivity contribution in [1.29, 1.82) is 0 Å². The summed E-state index contributed by atoms with van der Waals surface area (Å²) < 4.78 is 0. The van der Waals surface area contributed by atoms with Crippen molar-refractivity contribution in [3.63, 3.8) is 0 Å². The lowest BCUT2D eigenvalue weighted by Crippen LogP contribution is -2.43. The molecule has 0 aliphatic carbocycles. The van der Waals surface area contributed by atoms with Gasteiger partial charge in [0.2, 0.25) is 0 Å². The van der Waals surface area contributed by atoms with Crippen LogP contribution in [0.25, 0.3) is 0 Å². The van der Waals surface area contributed by atoms with Crippen molar-refractivity contribution in [2.45, 2.75) is 86.1 Å². The van der Waals surface area contributed by atoms with Crippen molar-refractivity contribution in [2.24, 2.45) is 10.8 Å². The fourth-order valence-electron chi connectivity index (χ4n) is 2.92. The second-order valence-electron chi connectivity index (χ2n) is 8.22. The standard InChI is InChI=1S/C17H35N/c1-7-17(5,6)11-13-18-12-9-8-10-15(18)14-16(2,3)4/h15H,7-14H2,1-6H3. The van der Waals surface area contributed by atoms with E-state index < -0.39 is 0 Å². The highest BCUT2D eigenvalue weighted by Crippen LogP contribution is 2.31.